The van der Waals surface area contributed by atoms with Gasteiger partial charge in [-0.05, 0) is 106 Å². The molecule has 1 aliphatic rings. The van der Waals surface area contributed by atoms with Crippen molar-refractivity contribution < 1.29 is 8.78 Å². The first kappa shape index (κ1) is 28.3. The van der Waals surface area contributed by atoms with E-state index in [0.717, 1.165) is 73.4 Å². The average molecular weight is 523 g/mol. The van der Waals surface area contributed by atoms with Crippen LogP contribution in [0.3, 0.4) is 0 Å². The van der Waals surface area contributed by atoms with E-state index >= 15 is 0 Å². The predicted molar refractivity (Wildman–Crippen MR) is 156 cm³/mol. The highest BCUT2D eigenvalue weighted by Crippen LogP contribution is 2.26. The molecule has 2 N–H and O–H groups in total. The van der Waals surface area contributed by atoms with Gasteiger partial charge < -0.3 is 19.8 Å². The molecule has 4 aromatic rings. The fourth-order valence-electron chi connectivity index (χ4n) is 5.58. The van der Waals surface area contributed by atoms with E-state index in [4.69, 9.17) is 0 Å². The van der Waals surface area contributed by atoms with Crippen LogP contribution >= 0.6 is 0 Å². The fraction of sp³-hybridized carbons (Fsp3) is 0.500. The van der Waals surface area contributed by atoms with E-state index in [9.17, 15) is 8.78 Å². The van der Waals surface area contributed by atoms with Crippen LogP contribution in [0, 0.1) is 11.6 Å². The zero-order valence-corrected chi connectivity index (χ0v) is 23.3. The molecule has 5 rings (SSSR count). The number of benzene rings is 2. The highest BCUT2D eigenvalue weighted by molar-refractivity contribution is 5.83. The Morgan fingerprint density at radius 2 is 1.26 bits per heavy atom. The van der Waals surface area contributed by atoms with Crippen LogP contribution in [0.15, 0.2) is 48.8 Å². The molecule has 0 spiro atoms. The highest BCUT2D eigenvalue weighted by atomic mass is 19.1. The molecular formula is C32H44F2N4. The van der Waals surface area contributed by atoms with Crippen molar-refractivity contribution in [2.45, 2.75) is 71.8 Å². The van der Waals surface area contributed by atoms with Crippen molar-refractivity contribution in [2.24, 2.45) is 0 Å². The summed E-state index contributed by atoms with van der Waals surface area (Å²) in [5.41, 5.74) is 4.50. The Balaban J connectivity index is 0.000000177. The molecule has 38 heavy (non-hydrogen) atoms. The van der Waals surface area contributed by atoms with E-state index in [1.54, 1.807) is 12.1 Å². The molecule has 2 aromatic heterocycles. The maximum atomic E-state index is 13.3. The van der Waals surface area contributed by atoms with Crippen LogP contribution in [-0.2, 0) is 12.8 Å². The number of likely N-dealkylation sites (N-methyl/N-ethyl adjacent to an activating group) is 1. The monoisotopic (exact) mass is 522 g/mol. The minimum Gasteiger partial charge on any atom is -0.361 e. The summed E-state index contributed by atoms with van der Waals surface area (Å²) < 4.78 is 26.6. The van der Waals surface area contributed by atoms with Crippen molar-refractivity contribution in [3.8, 4) is 0 Å². The lowest BCUT2D eigenvalue weighted by Gasteiger charge is -2.36. The third-order valence-electron chi connectivity index (χ3n) is 7.90. The van der Waals surface area contributed by atoms with Crippen molar-refractivity contribution in [2.75, 3.05) is 32.7 Å². The Labute approximate surface area is 226 Å². The van der Waals surface area contributed by atoms with E-state index in [-0.39, 0.29) is 11.6 Å². The van der Waals surface area contributed by atoms with Gasteiger partial charge in [0, 0.05) is 53.3 Å². The summed E-state index contributed by atoms with van der Waals surface area (Å²) >= 11 is 0. The number of halogens is 2. The number of fused-ring (bicyclic) bond motifs is 2. The largest absolute Gasteiger partial charge is 0.361 e. The fourth-order valence-corrected chi connectivity index (χ4v) is 5.58. The smallest absolute Gasteiger partial charge is 0.123 e. The Bertz CT molecular complexity index is 1270. The molecule has 2 heterocycles. The molecule has 0 atom stereocenters. The first-order valence-electron chi connectivity index (χ1n) is 14.5. The van der Waals surface area contributed by atoms with E-state index in [1.807, 2.05) is 24.5 Å². The molecule has 0 bridgehead atoms. The number of nitrogens with one attached hydrogen (secondary N) is 2. The van der Waals surface area contributed by atoms with Crippen molar-refractivity contribution in [1.82, 2.24) is 19.8 Å². The molecule has 1 aliphatic carbocycles. The Morgan fingerprint density at radius 1 is 0.737 bits per heavy atom. The summed E-state index contributed by atoms with van der Waals surface area (Å²) in [5, 5.41) is 2.05. The van der Waals surface area contributed by atoms with Gasteiger partial charge in [-0.3, -0.25) is 0 Å². The standard InChI is InChI=1S/C16H21FN2.C16H23FN2/c1-2-19(14-4-3-5-14)9-8-12-11-18-16-7-6-13(17)10-15(12)16;1-3-8-19(9-4-2)10-7-13-12-18-16-6-5-14(17)11-15(13)16/h6-7,10-11,14,18H,2-5,8-9H2,1H3;5-6,11-12,18H,3-4,7-10H2,1-2H3. The van der Waals surface area contributed by atoms with Gasteiger partial charge in [-0.1, -0.05) is 27.2 Å². The summed E-state index contributed by atoms with van der Waals surface area (Å²) in [6.45, 7) is 12.2. The topological polar surface area (TPSA) is 38.1 Å². The Kier molecular flexibility index (Phi) is 10.4. The molecule has 0 aliphatic heterocycles. The van der Waals surface area contributed by atoms with Gasteiger partial charge in [0.25, 0.3) is 0 Å². The summed E-state index contributed by atoms with van der Waals surface area (Å²) in [4.78, 5) is 11.5. The first-order chi connectivity index (χ1) is 18.5. The van der Waals surface area contributed by atoms with Crippen LogP contribution in [0.2, 0.25) is 0 Å². The van der Waals surface area contributed by atoms with Gasteiger partial charge in [-0.15, -0.1) is 0 Å². The van der Waals surface area contributed by atoms with Gasteiger partial charge >= 0.3 is 0 Å². The maximum Gasteiger partial charge on any atom is 0.123 e. The molecule has 4 nitrogen and oxygen atoms in total. The van der Waals surface area contributed by atoms with Crippen LogP contribution < -0.4 is 0 Å². The van der Waals surface area contributed by atoms with Crippen LogP contribution in [0.1, 0.15) is 64.0 Å². The molecule has 1 fully saturated rings. The zero-order valence-electron chi connectivity index (χ0n) is 23.3. The molecule has 0 amide bonds. The molecule has 6 heteroatoms. The number of aromatic nitrogens is 2. The molecule has 1 saturated carbocycles. The zero-order chi connectivity index (χ0) is 26.9. The second-order valence-corrected chi connectivity index (χ2v) is 10.6. The van der Waals surface area contributed by atoms with Crippen molar-refractivity contribution in [3.05, 3.63) is 71.6 Å². The molecule has 0 saturated heterocycles. The number of H-pyrrole nitrogens is 2. The lowest BCUT2D eigenvalue weighted by atomic mass is 9.91. The molecular weight excluding hydrogens is 478 g/mol. The van der Waals surface area contributed by atoms with Gasteiger partial charge in [-0.2, -0.15) is 0 Å². The third kappa shape index (κ3) is 7.23. The molecule has 2 aromatic carbocycles. The first-order valence-corrected chi connectivity index (χ1v) is 14.5. The van der Waals surface area contributed by atoms with E-state index in [1.165, 1.54) is 55.4 Å². The average Bonchev–Trinajstić information content (AvgIpc) is 3.47. The maximum absolute atomic E-state index is 13.3. The quantitative estimate of drug-likeness (QED) is 0.200. The molecule has 0 unspecified atom stereocenters. The summed E-state index contributed by atoms with van der Waals surface area (Å²) in [5.74, 6) is -0.313. The van der Waals surface area contributed by atoms with E-state index in [0.29, 0.717) is 0 Å². The number of hydrogen-bond donors (Lipinski definition) is 2. The predicted octanol–water partition coefficient (Wildman–Crippen LogP) is 7.70. The van der Waals surface area contributed by atoms with E-state index in [2.05, 4.69) is 40.5 Å². The second-order valence-electron chi connectivity index (χ2n) is 10.6. The van der Waals surface area contributed by atoms with Gasteiger partial charge in [-0.25, -0.2) is 8.78 Å². The van der Waals surface area contributed by atoms with Gasteiger partial charge in [0.1, 0.15) is 11.6 Å². The molecule has 206 valence electrons. The SMILES string of the molecule is CCCN(CCC)CCc1c[nH]c2ccc(F)cc12.CCN(CCc1c[nH]c2ccc(F)cc12)C1CCC1. The Hall–Kier alpha value is -2.70. The number of aromatic amines is 2. The van der Waals surface area contributed by atoms with Crippen molar-refractivity contribution in [3.63, 3.8) is 0 Å². The van der Waals surface area contributed by atoms with E-state index < -0.39 is 0 Å². The van der Waals surface area contributed by atoms with Crippen LogP contribution in [-0.4, -0.2) is 58.5 Å². The van der Waals surface area contributed by atoms with Crippen molar-refractivity contribution in [1.29, 1.82) is 0 Å². The highest BCUT2D eigenvalue weighted by Gasteiger charge is 2.23. The Morgan fingerprint density at radius 3 is 1.71 bits per heavy atom. The number of rotatable bonds is 12. The minimum atomic E-state index is -0.160. The van der Waals surface area contributed by atoms with Gasteiger partial charge in [0.15, 0.2) is 0 Å². The third-order valence-corrected chi connectivity index (χ3v) is 7.90. The second kappa shape index (κ2) is 13.9. The summed E-state index contributed by atoms with van der Waals surface area (Å²) in [6, 6.07) is 10.7. The number of nitrogens with zero attached hydrogens (tertiary/aromatic N) is 2. The lowest BCUT2D eigenvalue weighted by Crippen LogP contribution is -2.41. The lowest BCUT2D eigenvalue weighted by molar-refractivity contribution is 0.136. The normalized spacial score (nSPS) is 13.9. The van der Waals surface area contributed by atoms with Crippen molar-refractivity contribution >= 4 is 21.8 Å². The molecule has 0 radical (unpaired) electrons. The summed E-state index contributed by atoms with van der Waals surface area (Å²) in [6.07, 6.45) is 12.4. The number of hydrogen-bond acceptors (Lipinski definition) is 2. The van der Waals surface area contributed by atoms with Crippen LogP contribution in [0.25, 0.3) is 21.8 Å². The van der Waals surface area contributed by atoms with Gasteiger partial charge in [0.05, 0.1) is 0 Å². The summed E-state index contributed by atoms with van der Waals surface area (Å²) in [7, 11) is 0. The van der Waals surface area contributed by atoms with Crippen LogP contribution in [0.5, 0.6) is 0 Å². The van der Waals surface area contributed by atoms with Gasteiger partial charge in [0.2, 0.25) is 0 Å². The minimum absolute atomic E-state index is 0.153. The van der Waals surface area contributed by atoms with Crippen LogP contribution in [0.4, 0.5) is 8.78 Å².